The SMILES string of the molecule is C=C(CNCc1nccn1C)C(=O)OCC. The van der Waals surface area contributed by atoms with Crippen LogP contribution in [0.3, 0.4) is 0 Å². The molecule has 0 radical (unpaired) electrons. The van der Waals surface area contributed by atoms with Crippen molar-refractivity contribution in [3.05, 3.63) is 30.4 Å². The van der Waals surface area contributed by atoms with E-state index in [1.807, 2.05) is 17.8 Å². The summed E-state index contributed by atoms with van der Waals surface area (Å²) in [6.45, 7) is 6.80. The number of hydrogen-bond donors (Lipinski definition) is 1. The molecular formula is C11H17N3O2. The first-order valence-corrected chi connectivity index (χ1v) is 5.17. The molecule has 0 aromatic carbocycles. The van der Waals surface area contributed by atoms with Crippen LogP contribution in [0, 0.1) is 0 Å². The third kappa shape index (κ3) is 3.51. The van der Waals surface area contributed by atoms with Crippen LogP contribution in [0.1, 0.15) is 12.7 Å². The lowest BCUT2D eigenvalue weighted by atomic mass is 10.3. The third-order valence-corrected chi connectivity index (χ3v) is 2.11. The molecule has 88 valence electrons. The molecule has 0 aliphatic rings. The van der Waals surface area contributed by atoms with E-state index in [1.54, 1.807) is 13.1 Å². The van der Waals surface area contributed by atoms with Crippen LogP contribution < -0.4 is 5.32 Å². The fourth-order valence-electron chi connectivity index (χ4n) is 1.20. The molecule has 0 aliphatic heterocycles. The quantitative estimate of drug-likeness (QED) is 0.567. The summed E-state index contributed by atoms with van der Waals surface area (Å²) >= 11 is 0. The Morgan fingerprint density at radius 2 is 2.44 bits per heavy atom. The second-order valence-electron chi connectivity index (χ2n) is 3.38. The van der Waals surface area contributed by atoms with Crippen molar-refractivity contribution in [1.29, 1.82) is 0 Å². The Kier molecular flexibility index (Phi) is 4.72. The Balaban J connectivity index is 2.28. The number of esters is 1. The lowest BCUT2D eigenvalue weighted by Crippen LogP contribution is -2.22. The zero-order valence-electron chi connectivity index (χ0n) is 9.69. The van der Waals surface area contributed by atoms with E-state index in [2.05, 4.69) is 16.9 Å². The van der Waals surface area contributed by atoms with Gasteiger partial charge in [0.2, 0.25) is 0 Å². The monoisotopic (exact) mass is 223 g/mol. The number of nitrogens with one attached hydrogen (secondary N) is 1. The van der Waals surface area contributed by atoms with Crippen LogP contribution in [0.15, 0.2) is 24.5 Å². The van der Waals surface area contributed by atoms with Gasteiger partial charge in [-0.15, -0.1) is 0 Å². The van der Waals surface area contributed by atoms with Gasteiger partial charge in [0.1, 0.15) is 5.82 Å². The van der Waals surface area contributed by atoms with Crippen molar-refractivity contribution in [3.63, 3.8) is 0 Å². The molecule has 0 amide bonds. The minimum Gasteiger partial charge on any atom is -0.463 e. The maximum Gasteiger partial charge on any atom is 0.334 e. The normalized spacial score (nSPS) is 10.1. The first-order valence-electron chi connectivity index (χ1n) is 5.17. The first-order chi connectivity index (χ1) is 7.65. The Labute approximate surface area is 95.1 Å². The standard InChI is InChI=1S/C11H17N3O2/c1-4-16-11(15)9(2)7-12-8-10-13-5-6-14(10)3/h5-6,12H,2,4,7-8H2,1,3H3. The zero-order chi connectivity index (χ0) is 12.0. The van der Waals surface area contributed by atoms with Gasteiger partial charge in [-0.3, -0.25) is 0 Å². The summed E-state index contributed by atoms with van der Waals surface area (Å²) in [6.07, 6.45) is 3.61. The van der Waals surface area contributed by atoms with E-state index in [4.69, 9.17) is 4.74 Å². The Hall–Kier alpha value is -1.62. The summed E-state index contributed by atoms with van der Waals surface area (Å²) in [7, 11) is 1.92. The average Bonchev–Trinajstić information content (AvgIpc) is 2.65. The first kappa shape index (κ1) is 12.4. The molecule has 0 fully saturated rings. The molecule has 0 atom stereocenters. The number of aryl methyl sites for hydroxylation is 1. The maximum absolute atomic E-state index is 11.2. The highest BCUT2D eigenvalue weighted by atomic mass is 16.5. The van der Waals surface area contributed by atoms with E-state index in [-0.39, 0.29) is 5.97 Å². The van der Waals surface area contributed by atoms with Crippen LogP contribution in [0.4, 0.5) is 0 Å². The van der Waals surface area contributed by atoms with Gasteiger partial charge in [-0.2, -0.15) is 0 Å². The van der Waals surface area contributed by atoms with Crippen molar-refractivity contribution in [2.45, 2.75) is 13.5 Å². The van der Waals surface area contributed by atoms with Crippen molar-refractivity contribution in [2.75, 3.05) is 13.2 Å². The van der Waals surface area contributed by atoms with Crippen molar-refractivity contribution in [3.8, 4) is 0 Å². The van der Waals surface area contributed by atoms with Gasteiger partial charge >= 0.3 is 5.97 Å². The van der Waals surface area contributed by atoms with Crippen molar-refractivity contribution >= 4 is 5.97 Å². The zero-order valence-corrected chi connectivity index (χ0v) is 9.69. The summed E-state index contributed by atoms with van der Waals surface area (Å²) in [5, 5.41) is 3.08. The molecule has 16 heavy (non-hydrogen) atoms. The number of ether oxygens (including phenoxy) is 1. The van der Waals surface area contributed by atoms with Gasteiger partial charge in [-0.05, 0) is 6.92 Å². The van der Waals surface area contributed by atoms with E-state index in [9.17, 15) is 4.79 Å². The summed E-state index contributed by atoms with van der Waals surface area (Å²) in [5.41, 5.74) is 0.427. The molecule has 0 unspecified atom stereocenters. The molecule has 1 N–H and O–H groups in total. The Morgan fingerprint density at radius 3 is 3.00 bits per heavy atom. The van der Waals surface area contributed by atoms with Gasteiger partial charge in [0.15, 0.2) is 0 Å². The molecule has 0 saturated carbocycles. The minimum atomic E-state index is -0.352. The van der Waals surface area contributed by atoms with Crippen LogP contribution in [-0.4, -0.2) is 28.7 Å². The molecule has 1 heterocycles. The highest BCUT2D eigenvalue weighted by Gasteiger charge is 2.07. The summed E-state index contributed by atoms with van der Waals surface area (Å²) in [6, 6.07) is 0. The average molecular weight is 223 g/mol. The largest absolute Gasteiger partial charge is 0.463 e. The number of carbonyl (C=O) groups is 1. The maximum atomic E-state index is 11.2. The van der Waals surface area contributed by atoms with Crippen LogP contribution in [0.2, 0.25) is 0 Å². The van der Waals surface area contributed by atoms with Gasteiger partial charge in [0.25, 0.3) is 0 Å². The smallest absolute Gasteiger partial charge is 0.334 e. The van der Waals surface area contributed by atoms with Crippen LogP contribution in [0.25, 0.3) is 0 Å². The highest BCUT2D eigenvalue weighted by Crippen LogP contribution is 1.96. The molecule has 5 heteroatoms. The molecule has 1 aromatic heterocycles. The molecule has 1 rings (SSSR count). The summed E-state index contributed by atoms with van der Waals surface area (Å²) < 4.78 is 6.73. The van der Waals surface area contributed by atoms with Gasteiger partial charge < -0.3 is 14.6 Å². The number of rotatable bonds is 6. The molecular weight excluding hydrogens is 206 g/mol. The Bertz CT molecular complexity index is 371. The van der Waals surface area contributed by atoms with E-state index in [0.29, 0.717) is 25.3 Å². The molecule has 0 aliphatic carbocycles. The number of carbonyl (C=O) groups excluding carboxylic acids is 1. The molecule has 5 nitrogen and oxygen atoms in total. The van der Waals surface area contributed by atoms with Crippen molar-refractivity contribution < 1.29 is 9.53 Å². The lowest BCUT2D eigenvalue weighted by Gasteiger charge is -2.07. The fraction of sp³-hybridized carbons (Fsp3) is 0.455. The van der Waals surface area contributed by atoms with Gasteiger partial charge in [0.05, 0.1) is 13.2 Å². The van der Waals surface area contributed by atoms with Crippen molar-refractivity contribution in [1.82, 2.24) is 14.9 Å². The topological polar surface area (TPSA) is 56.2 Å². The number of nitrogens with zero attached hydrogens (tertiary/aromatic N) is 2. The summed E-state index contributed by atoms with van der Waals surface area (Å²) in [5.74, 6) is 0.562. The third-order valence-electron chi connectivity index (χ3n) is 2.11. The van der Waals surface area contributed by atoms with Gasteiger partial charge in [-0.1, -0.05) is 6.58 Å². The fourth-order valence-corrected chi connectivity index (χ4v) is 1.20. The van der Waals surface area contributed by atoms with E-state index < -0.39 is 0 Å². The second-order valence-corrected chi connectivity index (χ2v) is 3.38. The predicted octanol–water partition coefficient (Wildman–Crippen LogP) is 0.629. The van der Waals surface area contributed by atoms with E-state index >= 15 is 0 Å². The summed E-state index contributed by atoms with van der Waals surface area (Å²) in [4.78, 5) is 15.4. The molecule has 0 saturated heterocycles. The Morgan fingerprint density at radius 1 is 1.69 bits per heavy atom. The number of imidazole rings is 1. The van der Waals surface area contributed by atoms with Crippen LogP contribution in [0.5, 0.6) is 0 Å². The second kappa shape index (κ2) is 6.07. The van der Waals surface area contributed by atoms with E-state index in [0.717, 1.165) is 5.82 Å². The number of aromatic nitrogens is 2. The van der Waals surface area contributed by atoms with Gasteiger partial charge in [-0.25, -0.2) is 9.78 Å². The number of hydrogen-bond acceptors (Lipinski definition) is 4. The highest BCUT2D eigenvalue weighted by molar-refractivity contribution is 5.88. The molecule has 0 spiro atoms. The molecule has 0 bridgehead atoms. The van der Waals surface area contributed by atoms with Crippen molar-refractivity contribution in [2.24, 2.45) is 7.05 Å². The predicted molar refractivity (Wildman–Crippen MR) is 60.7 cm³/mol. The lowest BCUT2D eigenvalue weighted by molar-refractivity contribution is -0.138. The molecule has 1 aromatic rings. The van der Waals surface area contributed by atoms with E-state index in [1.165, 1.54) is 0 Å². The van der Waals surface area contributed by atoms with Crippen LogP contribution >= 0.6 is 0 Å². The van der Waals surface area contributed by atoms with Gasteiger partial charge in [0, 0.05) is 31.6 Å². The van der Waals surface area contributed by atoms with Crippen LogP contribution in [-0.2, 0) is 23.1 Å². The minimum absolute atomic E-state index is 0.352.